The molecule has 0 aromatic carbocycles. The van der Waals surface area contributed by atoms with Gasteiger partial charge < -0.3 is 10.7 Å². The zero-order valence-electron chi connectivity index (χ0n) is 9.67. The Morgan fingerprint density at radius 1 is 1.61 bits per heavy atom. The minimum atomic E-state index is -2.72. The second kappa shape index (κ2) is 4.50. The number of aryl methyl sites for hydroxylation is 1. The maximum Gasteiger partial charge on any atom is 0.252 e. The van der Waals surface area contributed by atoms with E-state index < -0.39 is 12.0 Å². The minimum absolute atomic E-state index is 0.0741. The second-order valence-corrected chi connectivity index (χ2v) is 4.60. The molecule has 0 fully saturated rings. The van der Waals surface area contributed by atoms with Crippen molar-refractivity contribution in [1.82, 2.24) is 4.98 Å². The van der Waals surface area contributed by atoms with Crippen LogP contribution >= 0.6 is 0 Å². The standard InChI is InChI=1S/C12H13F2N3O/c13-12(14)2-1-10-8(5-12)3-7(11(18)17-10)4-9(16)6-15/h3,9H,1-2,4-5,16H2,(H,17,18). The molecule has 0 amide bonds. The number of hydrogen-bond donors (Lipinski definition) is 2. The highest BCUT2D eigenvalue weighted by atomic mass is 19.3. The van der Waals surface area contributed by atoms with Gasteiger partial charge in [0.1, 0.15) is 0 Å². The SMILES string of the molecule is N#CC(N)Cc1cc2c([nH]c1=O)CCC(F)(F)C2. The summed E-state index contributed by atoms with van der Waals surface area (Å²) in [5.41, 5.74) is 6.41. The summed E-state index contributed by atoms with van der Waals surface area (Å²) in [6, 6.07) is 2.47. The number of alkyl halides is 2. The van der Waals surface area contributed by atoms with Crippen LogP contribution in [-0.2, 0) is 19.3 Å². The van der Waals surface area contributed by atoms with Crippen LogP contribution in [0.25, 0.3) is 0 Å². The number of halogens is 2. The van der Waals surface area contributed by atoms with Gasteiger partial charge in [-0.25, -0.2) is 8.78 Å². The van der Waals surface area contributed by atoms with Gasteiger partial charge in [0.05, 0.1) is 12.1 Å². The van der Waals surface area contributed by atoms with Gasteiger partial charge in [0, 0.05) is 30.5 Å². The van der Waals surface area contributed by atoms with Crippen molar-refractivity contribution in [2.75, 3.05) is 0 Å². The maximum absolute atomic E-state index is 13.3. The number of H-pyrrole nitrogens is 1. The lowest BCUT2D eigenvalue weighted by Crippen LogP contribution is -2.31. The zero-order chi connectivity index (χ0) is 13.3. The van der Waals surface area contributed by atoms with E-state index in [1.54, 1.807) is 0 Å². The normalized spacial score (nSPS) is 18.8. The molecular formula is C12H13F2N3O. The summed E-state index contributed by atoms with van der Waals surface area (Å²) in [5, 5.41) is 8.60. The summed E-state index contributed by atoms with van der Waals surface area (Å²) in [6.07, 6.45) is -0.367. The van der Waals surface area contributed by atoms with Crippen LogP contribution in [0.2, 0.25) is 0 Å². The van der Waals surface area contributed by atoms with Gasteiger partial charge in [-0.15, -0.1) is 0 Å². The number of aromatic nitrogens is 1. The molecule has 3 N–H and O–H groups in total. The molecule has 1 atom stereocenters. The monoisotopic (exact) mass is 253 g/mol. The number of fused-ring (bicyclic) bond motifs is 1. The van der Waals surface area contributed by atoms with E-state index in [0.717, 1.165) is 0 Å². The Labute approximate surface area is 102 Å². The number of pyridine rings is 1. The predicted molar refractivity (Wildman–Crippen MR) is 61.3 cm³/mol. The zero-order valence-corrected chi connectivity index (χ0v) is 9.67. The first kappa shape index (κ1) is 12.7. The van der Waals surface area contributed by atoms with Crippen LogP contribution < -0.4 is 11.3 Å². The molecule has 1 aromatic heterocycles. The third-order valence-electron chi connectivity index (χ3n) is 3.09. The molecule has 6 heteroatoms. The Morgan fingerprint density at radius 3 is 3.00 bits per heavy atom. The van der Waals surface area contributed by atoms with Crippen molar-refractivity contribution in [3.8, 4) is 6.07 Å². The van der Waals surface area contributed by atoms with Crippen molar-refractivity contribution in [3.63, 3.8) is 0 Å². The first-order chi connectivity index (χ1) is 8.41. The van der Waals surface area contributed by atoms with Gasteiger partial charge in [-0.3, -0.25) is 4.79 Å². The summed E-state index contributed by atoms with van der Waals surface area (Å²) in [7, 11) is 0. The third kappa shape index (κ3) is 2.57. The van der Waals surface area contributed by atoms with Crippen molar-refractivity contribution in [1.29, 1.82) is 5.26 Å². The van der Waals surface area contributed by atoms with Crippen LogP contribution in [0.5, 0.6) is 0 Å². The molecule has 0 saturated heterocycles. The topological polar surface area (TPSA) is 82.7 Å². The molecule has 0 radical (unpaired) electrons. The molecule has 2 rings (SSSR count). The van der Waals surface area contributed by atoms with Gasteiger partial charge in [0.25, 0.3) is 11.5 Å². The van der Waals surface area contributed by atoms with Gasteiger partial charge in [0.15, 0.2) is 0 Å². The van der Waals surface area contributed by atoms with Crippen molar-refractivity contribution >= 4 is 0 Å². The van der Waals surface area contributed by atoms with Crippen LogP contribution in [0.15, 0.2) is 10.9 Å². The van der Waals surface area contributed by atoms with Gasteiger partial charge in [0.2, 0.25) is 0 Å². The van der Waals surface area contributed by atoms with Crippen LogP contribution in [0.4, 0.5) is 8.78 Å². The first-order valence-corrected chi connectivity index (χ1v) is 5.68. The van der Waals surface area contributed by atoms with E-state index in [9.17, 15) is 13.6 Å². The fourth-order valence-electron chi connectivity index (χ4n) is 2.15. The number of aromatic amines is 1. The van der Waals surface area contributed by atoms with E-state index in [1.807, 2.05) is 6.07 Å². The molecule has 1 heterocycles. The number of nitrogens with one attached hydrogen (secondary N) is 1. The predicted octanol–water partition coefficient (Wildman–Crippen LogP) is 0.892. The lowest BCUT2D eigenvalue weighted by Gasteiger charge is -2.24. The smallest absolute Gasteiger partial charge is 0.252 e. The molecule has 1 aromatic rings. The van der Waals surface area contributed by atoms with Crippen molar-refractivity contribution in [2.24, 2.45) is 5.73 Å². The van der Waals surface area contributed by atoms with E-state index in [-0.39, 0.29) is 31.2 Å². The highest BCUT2D eigenvalue weighted by molar-refractivity contribution is 5.30. The molecule has 1 unspecified atom stereocenters. The van der Waals surface area contributed by atoms with Crippen molar-refractivity contribution in [3.05, 3.63) is 33.2 Å². The van der Waals surface area contributed by atoms with Crippen LogP contribution in [0.3, 0.4) is 0 Å². The third-order valence-corrected chi connectivity index (χ3v) is 3.09. The fourth-order valence-corrected chi connectivity index (χ4v) is 2.15. The summed E-state index contributed by atoms with van der Waals surface area (Å²) in [4.78, 5) is 14.3. The highest BCUT2D eigenvalue weighted by Gasteiger charge is 2.34. The Balaban J connectivity index is 2.35. The number of nitrogens with zero attached hydrogens (tertiary/aromatic N) is 1. The van der Waals surface area contributed by atoms with Crippen LogP contribution in [-0.4, -0.2) is 16.9 Å². The van der Waals surface area contributed by atoms with Crippen LogP contribution in [0.1, 0.15) is 23.2 Å². The van der Waals surface area contributed by atoms with E-state index in [0.29, 0.717) is 16.8 Å². The van der Waals surface area contributed by atoms with E-state index >= 15 is 0 Å². The van der Waals surface area contributed by atoms with Crippen LogP contribution in [0, 0.1) is 11.3 Å². The molecule has 4 nitrogen and oxygen atoms in total. The molecule has 0 spiro atoms. The van der Waals surface area contributed by atoms with E-state index in [2.05, 4.69) is 4.98 Å². The van der Waals surface area contributed by atoms with Gasteiger partial charge in [-0.05, 0) is 18.1 Å². The van der Waals surface area contributed by atoms with Gasteiger partial charge >= 0.3 is 0 Å². The Hall–Kier alpha value is -1.74. The average Bonchev–Trinajstić information content (AvgIpc) is 2.30. The number of hydrogen-bond acceptors (Lipinski definition) is 3. The Bertz CT molecular complexity index is 559. The first-order valence-electron chi connectivity index (χ1n) is 5.68. The summed E-state index contributed by atoms with van der Waals surface area (Å²) < 4.78 is 26.6. The van der Waals surface area contributed by atoms with E-state index in [4.69, 9.17) is 11.0 Å². The molecule has 0 bridgehead atoms. The van der Waals surface area contributed by atoms with Gasteiger partial charge in [-0.1, -0.05) is 0 Å². The minimum Gasteiger partial charge on any atom is -0.326 e. The number of rotatable bonds is 2. The largest absolute Gasteiger partial charge is 0.326 e. The number of nitriles is 1. The molecule has 18 heavy (non-hydrogen) atoms. The summed E-state index contributed by atoms with van der Waals surface area (Å²) >= 11 is 0. The molecule has 1 aliphatic carbocycles. The molecular weight excluding hydrogens is 240 g/mol. The molecule has 96 valence electrons. The molecule has 0 aliphatic heterocycles. The lowest BCUT2D eigenvalue weighted by atomic mass is 9.91. The average molecular weight is 253 g/mol. The van der Waals surface area contributed by atoms with Gasteiger partial charge in [-0.2, -0.15) is 5.26 Å². The Kier molecular flexibility index (Phi) is 3.18. The lowest BCUT2D eigenvalue weighted by molar-refractivity contribution is -0.0128. The molecule has 1 aliphatic rings. The van der Waals surface area contributed by atoms with Crippen molar-refractivity contribution < 1.29 is 8.78 Å². The summed E-state index contributed by atoms with van der Waals surface area (Å²) in [5.74, 6) is -2.72. The molecule has 0 saturated carbocycles. The van der Waals surface area contributed by atoms with Crippen molar-refractivity contribution in [2.45, 2.75) is 37.6 Å². The highest BCUT2D eigenvalue weighted by Crippen LogP contribution is 2.31. The number of nitrogens with two attached hydrogens (primary N) is 1. The quantitative estimate of drug-likeness (QED) is 0.821. The van der Waals surface area contributed by atoms with E-state index in [1.165, 1.54) is 6.07 Å². The second-order valence-electron chi connectivity index (χ2n) is 4.60. The fraction of sp³-hybridized carbons (Fsp3) is 0.500. The summed E-state index contributed by atoms with van der Waals surface area (Å²) in [6.45, 7) is 0. The maximum atomic E-state index is 13.3. The Morgan fingerprint density at radius 2 is 2.33 bits per heavy atom.